The number of nitrogens with one attached hydrogen (secondary N) is 2. The van der Waals surface area contributed by atoms with Gasteiger partial charge in [0.2, 0.25) is 0 Å². The first-order valence-corrected chi connectivity index (χ1v) is 8.10. The number of benzene rings is 2. The number of carbonyl (C=O) groups is 1. The van der Waals surface area contributed by atoms with Gasteiger partial charge in [0.25, 0.3) is 5.91 Å². The summed E-state index contributed by atoms with van der Waals surface area (Å²) in [4.78, 5) is 13.5. The molecule has 2 aromatic rings. The van der Waals surface area contributed by atoms with E-state index in [4.69, 9.17) is 0 Å². The van der Waals surface area contributed by atoms with Crippen molar-refractivity contribution in [2.75, 3.05) is 18.9 Å². The van der Waals surface area contributed by atoms with Crippen molar-refractivity contribution in [3.63, 3.8) is 0 Å². The average molecular weight is 311 g/mol. The van der Waals surface area contributed by atoms with Crippen molar-refractivity contribution >= 4 is 11.6 Å². The molecule has 3 heteroatoms. The van der Waals surface area contributed by atoms with Gasteiger partial charge in [-0.15, -0.1) is 0 Å². The van der Waals surface area contributed by atoms with E-state index in [0.29, 0.717) is 6.54 Å². The summed E-state index contributed by atoms with van der Waals surface area (Å²) in [5.41, 5.74) is 6.97. The summed E-state index contributed by atoms with van der Waals surface area (Å²) in [6, 6.07) is 12.5. The summed E-state index contributed by atoms with van der Waals surface area (Å²) in [5, 5.41) is 3.08. The van der Waals surface area contributed by atoms with Gasteiger partial charge >= 0.3 is 0 Å². The first-order valence-electron chi connectivity index (χ1n) is 8.10. The van der Waals surface area contributed by atoms with Crippen LogP contribution in [0.2, 0.25) is 0 Å². The zero-order valence-corrected chi connectivity index (χ0v) is 14.8. The van der Waals surface area contributed by atoms with Crippen molar-refractivity contribution < 1.29 is 9.69 Å². The fraction of sp³-hybridized carbons (Fsp3) is 0.350. The van der Waals surface area contributed by atoms with Crippen LogP contribution in [0.5, 0.6) is 0 Å². The Morgan fingerprint density at radius 2 is 1.61 bits per heavy atom. The van der Waals surface area contributed by atoms with Crippen LogP contribution in [-0.2, 0) is 11.3 Å². The largest absolute Gasteiger partial charge is 0.326 e. The van der Waals surface area contributed by atoms with E-state index >= 15 is 0 Å². The molecule has 0 fully saturated rings. The highest BCUT2D eigenvalue weighted by Crippen LogP contribution is 2.21. The van der Waals surface area contributed by atoms with Gasteiger partial charge in [-0.1, -0.05) is 42.0 Å². The number of carbonyl (C=O) groups excluding carboxylic acids is 1. The van der Waals surface area contributed by atoms with Gasteiger partial charge in [0, 0.05) is 11.3 Å². The number of amides is 1. The van der Waals surface area contributed by atoms with Gasteiger partial charge in [0.15, 0.2) is 6.54 Å². The van der Waals surface area contributed by atoms with E-state index < -0.39 is 0 Å². The number of hydrogen-bond donors (Lipinski definition) is 2. The van der Waals surface area contributed by atoms with Crippen molar-refractivity contribution in [2.45, 2.75) is 34.2 Å². The number of rotatable bonds is 5. The van der Waals surface area contributed by atoms with E-state index in [-0.39, 0.29) is 5.91 Å². The summed E-state index contributed by atoms with van der Waals surface area (Å²) in [6.45, 7) is 9.58. The molecular formula is C20H27N2O+. The lowest BCUT2D eigenvalue weighted by Crippen LogP contribution is -3.08. The highest BCUT2D eigenvalue weighted by Gasteiger charge is 2.14. The first-order chi connectivity index (χ1) is 10.9. The lowest BCUT2D eigenvalue weighted by molar-refractivity contribution is -0.885. The van der Waals surface area contributed by atoms with Crippen LogP contribution in [0.1, 0.15) is 27.8 Å². The van der Waals surface area contributed by atoms with Gasteiger partial charge < -0.3 is 10.2 Å². The molecule has 0 radical (unpaired) electrons. The van der Waals surface area contributed by atoms with E-state index in [2.05, 4.69) is 56.5 Å². The minimum absolute atomic E-state index is 0.0612. The normalized spacial score (nSPS) is 12.0. The molecule has 0 saturated carbocycles. The molecule has 1 amide bonds. The molecule has 0 aliphatic heterocycles. The van der Waals surface area contributed by atoms with Crippen LogP contribution in [0, 0.1) is 27.7 Å². The van der Waals surface area contributed by atoms with Gasteiger partial charge in [0.1, 0.15) is 6.54 Å². The minimum atomic E-state index is 0.0612. The Kier molecular flexibility index (Phi) is 5.56. The van der Waals surface area contributed by atoms with E-state index in [0.717, 1.165) is 23.4 Å². The molecule has 0 aliphatic rings. The summed E-state index contributed by atoms with van der Waals surface area (Å²) >= 11 is 0. The summed E-state index contributed by atoms with van der Waals surface area (Å²) in [7, 11) is 2.06. The topological polar surface area (TPSA) is 33.5 Å². The molecule has 0 aliphatic carbocycles. The average Bonchev–Trinajstić information content (AvgIpc) is 2.45. The van der Waals surface area contributed by atoms with Crippen LogP contribution in [0.15, 0.2) is 36.4 Å². The van der Waals surface area contributed by atoms with Crippen LogP contribution in [0.25, 0.3) is 0 Å². The molecule has 0 bridgehead atoms. The molecule has 0 spiro atoms. The molecule has 23 heavy (non-hydrogen) atoms. The van der Waals surface area contributed by atoms with Crippen molar-refractivity contribution in [2.24, 2.45) is 0 Å². The second-order valence-corrected chi connectivity index (χ2v) is 6.56. The molecule has 2 rings (SSSR count). The quantitative estimate of drug-likeness (QED) is 0.874. The van der Waals surface area contributed by atoms with Crippen LogP contribution in [0.3, 0.4) is 0 Å². The third-order valence-electron chi connectivity index (χ3n) is 4.16. The third-order valence-corrected chi connectivity index (χ3v) is 4.16. The zero-order valence-electron chi connectivity index (χ0n) is 14.8. The number of likely N-dealkylation sites (N-methyl/N-ethyl adjacent to an activating group) is 1. The Bertz CT molecular complexity index is 684. The number of quaternary nitrogens is 1. The van der Waals surface area contributed by atoms with E-state index in [1.807, 2.05) is 19.9 Å². The summed E-state index contributed by atoms with van der Waals surface area (Å²) < 4.78 is 0. The fourth-order valence-electron chi connectivity index (χ4n) is 3.03. The van der Waals surface area contributed by atoms with Gasteiger partial charge in [0.05, 0.1) is 7.05 Å². The maximum absolute atomic E-state index is 12.4. The Hall–Kier alpha value is -2.13. The van der Waals surface area contributed by atoms with Crippen molar-refractivity contribution in [3.05, 3.63) is 64.2 Å². The second kappa shape index (κ2) is 7.42. The number of aryl methyl sites for hydroxylation is 4. The van der Waals surface area contributed by atoms with E-state index in [1.54, 1.807) is 0 Å². The maximum atomic E-state index is 12.4. The van der Waals surface area contributed by atoms with Gasteiger partial charge in [-0.3, -0.25) is 4.79 Å². The first kappa shape index (κ1) is 17.2. The van der Waals surface area contributed by atoms with Gasteiger partial charge in [-0.25, -0.2) is 0 Å². The molecule has 1 atom stereocenters. The smallest absolute Gasteiger partial charge is 0.279 e. The molecule has 3 nitrogen and oxygen atoms in total. The summed E-state index contributed by atoms with van der Waals surface area (Å²) in [5.74, 6) is 0.0612. The Morgan fingerprint density at radius 3 is 2.22 bits per heavy atom. The molecule has 1 unspecified atom stereocenters. The monoisotopic (exact) mass is 311 g/mol. The lowest BCUT2D eigenvalue weighted by Gasteiger charge is -2.17. The van der Waals surface area contributed by atoms with Crippen LogP contribution in [-0.4, -0.2) is 19.5 Å². The third kappa shape index (κ3) is 4.67. The molecule has 2 N–H and O–H groups in total. The second-order valence-electron chi connectivity index (χ2n) is 6.56. The maximum Gasteiger partial charge on any atom is 0.279 e. The van der Waals surface area contributed by atoms with Crippen LogP contribution >= 0.6 is 0 Å². The van der Waals surface area contributed by atoms with E-state index in [9.17, 15) is 4.79 Å². The van der Waals surface area contributed by atoms with Crippen LogP contribution < -0.4 is 10.2 Å². The molecule has 0 heterocycles. The Morgan fingerprint density at radius 1 is 1.00 bits per heavy atom. The number of anilines is 1. The zero-order chi connectivity index (χ0) is 17.0. The lowest BCUT2D eigenvalue weighted by atomic mass is 10.1. The Balaban J connectivity index is 1.98. The highest BCUT2D eigenvalue weighted by atomic mass is 16.2. The Labute approximate surface area is 139 Å². The molecular weight excluding hydrogens is 284 g/mol. The summed E-state index contributed by atoms with van der Waals surface area (Å²) in [6.07, 6.45) is 0. The van der Waals surface area contributed by atoms with Crippen molar-refractivity contribution in [1.29, 1.82) is 0 Å². The van der Waals surface area contributed by atoms with E-state index in [1.165, 1.54) is 21.6 Å². The fourth-order valence-corrected chi connectivity index (χ4v) is 3.03. The molecule has 0 aromatic heterocycles. The predicted molar refractivity (Wildman–Crippen MR) is 95.9 cm³/mol. The molecule has 0 saturated heterocycles. The standard InChI is InChI=1S/C20H26N2O/c1-14-10-16(3)20(17(4)11-14)21-19(23)13-22(5)12-18-9-7-6-8-15(18)2/h6-11H,12-13H2,1-5H3,(H,21,23)/p+1. The van der Waals surface area contributed by atoms with Crippen molar-refractivity contribution in [1.82, 2.24) is 0 Å². The highest BCUT2D eigenvalue weighted by molar-refractivity contribution is 5.93. The predicted octanol–water partition coefficient (Wildman–Crippen LogP) is 2.57. The molecule has 2 aromatic carbocycles. The van der Waals surface area contributed by atoms with Gasteiger partial charge in [-0.05, 0) is 44.4 Å². The SMILES string of the molecule is Cc1cc(C)c(NC(=O)C[NH+](C)Cc2ccccc2C)c(C)c1. The number of hydrogen-bond acceptors (Lipinski definition) is 1. The van der Waals surface area contributed by atoms with Gasteiger partial charge in [-0.2, -0.15) is 0 Å². The molecule has 122 valence electrons. The van der Waals surface area contributed by atoms with Crippen molar-refractivity contribution in [3.8, 4) is 0 Å². The minimum Gasteiger partial charge on any atom is -0.326 e. The van der Waals surface area contributed by atoms with Crippen LogP contribution in [0.4, 0.5) is 5.69 Å².